The second-order valence-electron chi connectivity index (χ2n) is 1.71. The first-order valence-electron chi connectivity index (χ1n) is 2.29. The molecule has 1 amide bonds. The Bertz CT molecular complexity index is 125. The van der Waals surface area contributed by atoms with Crippen molar-refractivity contribution in [1.82, 2.24) is 5.32 Å². The van der Waals surface area contributed by atoms with Gasteiger partial charge in [-0.25, -0.2) is 0 Å². The van der Waals surface area contributed by atoms with E-state index < -0.39 is 3.23 Å². The van der Waals surface area contributed by atoms with Crippen LogP contribution in [0.4, 0.5) is 0 Å². The molecule has 54 valence electrons. The Morgan fingerprint density at radius 3 is 2.22 bits per heavy atom. The molecule has 1 aliphatic heterocycles. The predicted molar refractivity (Wildman–Crippen MR) is 48.5 cm³/mol. The van der Waals surface area contributed by atoms with Crippen molar-refractivity contribution in [1.29, 1.82) is 0 Å². The predicted octanol–water partition coefficient (Wildman–Crippen LogP) is 1.57. The van der Waals surface area contributed by atoms with Crippen molar-refractivity contribution in [3.8, 4) is 0 Å². The fourth-order valence-electron chi connectivity index (χ4n) is 0.576. The maximum absolute atomic E-state index is 10.7. The van der Waals surface area contributed by atoms with Crippen LogP contribution >= 0.6 is 48.8 Å². The molecule has 5 heteroatoms. The van der Waals surface area contributed by atoms with E-state index in [1.54, 1.807) is 0 Å². The first-order valence-corrected chi connectivity index (χ1v) is 3.88. The summed E-state index contributed by atoms with van der Waals surface area (Å²) >= 11 is 6.42. The van der Waals surface area contributed by atoms with Crippen LogP contribution in [0.15, 0.2) is 0 Å². The van der Waals surface area contributed by atoms with Gasteiger partial charge in [0, 0.05) is 6.54 Å². The third-order valence-electron chi connectivity index (χ3n) is 1.06. The summed E-state index contributed by atoms with van der Waals surface area (Å²) in [5, 5.41) is 2.68. The molecule has 9 heavy (non-hydrogen) atoms. The molecule has 0 atom stereocenters. The van der Waals surface area contributed by atoms with Gasteiger partial charge in [-0.2, -0.15) is 0 Å². The van der Waals surface area contributed by atoms with Gasteiger partial charge in [-0.05, 0) is 6.42 Å². The topological polar surface area (TPSA) is 29.1 Å². The lowest BCUT2D eigenvalue weighted by molar-refractivity contribution is -0.119. The highest BCUT2D eigenvalue weighted by atomic mass is 79.9. The lowest BCUT2D eigenvalue weighted by atomic mass is 10.4. The summed E-state index contributed by atoms with van der Waals surface area (Å²) in [5.41, 5.74) is 0. The average Bonchev–Trinajstić information content (AvgIpc) is 1.86. The first kappa shape index (κ1) is 9.91. The van der Waals surface area contributed by atoms with Crippen LogP contribution in [0.1, 0.15) is 6.42 Å². The Hall–Kier alpha value is 0.910. The van der Waals surface area contributed by atoms with Gasteiger partial charge >= 0.3 is 0 Å². The van der Waals surface area contributed by atoms with Crippen LogP contribution in [-0.4, -0.2) is 15.7 Å². The molecule has 1 N–H and O–H groups in total. The monoisotopic (exact) mass is 321 g/mol. The van der Waals surface area contributed by atoms with Crippen LogP contribution in [0.5, 0.6) is 0 Å². The van der Waals surface area contributed by atoms with Gasteiger partial charge in [0.25, 0.3) is 0 Å². The van der Waals surface area contributed by atoms with Crippen molar-refractivity contribution >= 4 is 54.7 Å². The van der Waals surface area contributed by atoms with E-state index in [4.69, 9.17) is 0 Å². The molecule has 1 saturated heterocycles. The number of alkyl halides is 2. The molecule has 0 bridgehead atoms. The van der Waals surface area contributed by atoms with E-state index in [1.165, 1.54) is 0 Å². The van der Waals surface area contributed by atoms with Crippen molar-refractivity contribution in [3.63, 3.8) is 0 Å². The number of carbonyl (C=O) groups excluding carboxylic acids is 1. The Morgan fingerprint density at radius 1 is 1.56 bits per heavy atom. The van der Waals surface area contributed by atoms with Gasteiger partial charge < -0.3 is 5.32 Å². The van der Waals surface area contributed by atoms with E-state index in [-0.39, 0.29) is 22.9 Å². The van der Waals surface area contributed by atoms with Crippen LogP contribution in [0.2, 0.25) is 0 Å². The van der Waals surface area contributed by atoms with Crippen molar-refractivity contribution < 1.29 is 4.79 Å². The quantitative estimate of drug-likeness (QED) is 0.674. The number of amides is 1. The fraction of sp³-hybridized carbons (Fsp3) is 0.750. The summed E-state index contributed by atoms with van der Waals surface area (Å²) < 4.78 is -0.472. The molecule has 0 saturated carbocycles. The van der Waals surface area contributed by atoms with Gasteiger partial charge in [-0.1, -0.05) is 31.9 Å². The molecule has 1 heterocycles. The van der Waals surface area contributed by atoms with Crippen molar-refractivity contribution in [2.45, 2.75) is 9.65 Å². The van der Waals surface area contributed by atoms with E-state index in [0.29, 0.717) is 0 Å². The molecular weight excluding hydrogens is 318 g/mol. The molecule has 0 aromatic rings. The molecule has 0 aromatic carbocycles. The third-order valence-corrected chi connectivity index (χ3v) is 2.57. The summed E-state index contributed by atoms with van der Waals surface area (Å²) in [6.07, 6.45) is 0.811. The molecule has 0 radical (unpaired) electrons. The van der Waals surface area contributed by atoms with Crippen molar-refractivity contribution in [2.75, 3.05) is 6.54 Å². The zero-order chi connectivity index (χ0) is 6.20. The number of hydrogen-bond donors (Lipinski definition) is 1. The number of carbonyl (C=O) groups is 1. The second-order valence-corrected chi connectivity index (χ2v) is 5.48. The lowest BCUT2D eigenvalue weighted by Crippen LogP contribution is -2.25. The maximum atomic E-state index is 10.7. The number of rotatable bonds is 0. The summed E-state index contributed by atoms with van der Waals surface area (Å²) in [4.78, 5) is 10.7. The highest BCUT2D eigenvalue weighted by Crippen LogP contribution is 2.32. The van der Waals surface area contributed by atoms with Crippen LogP contribution in [0.3, 0.4) is 0 Å². The van der Waals surface area contributed by atoms with Gasteiger partial charge in [0.2, 0.25) is 5.91 Å². The van der Waals surface area contributed by atoms with Crippen molar-refractivity contribution in [2.24, 2.45) is 0 Å². The Balaban J connectivity index is 0.000000640. The van der Waals surface area contributed by atoms with Crippen LogP contribution in [0, 0.1) is 0 Å². The molecule has 0 aromatic heterocycles. The highest BCUT2D eigenvalue weighted by Gasteiger charge is 2.36. The second kappa shape index (κ2) is 3.34. The molecule has 1 rings (SSSR count). The fourth-order valence-corrected chi connectivity index (χ4v) is 1.25. The number of hydrogen-bond acceptors (Lipinski definition) is 1. The Labute approximate surface area is 80.8 Å². The van der Waals surface area contributed by atoms with Crippen molar-refractivity contribution in [3.05, 3.63) is 0 Å². The van der Waals surface area contributed by atoms with Crippen LogP contribution in [0.25, 0.3) is 0 Å². The first-order chi connectivity index (χ1) is 3.63. The average molecular weight is 324 g/mol. The minimum absolute atomic E-state index is 0. The van der Waals surface area contributed by atoms with E-state index in [0.717, 1.165) is 13.0 Å². The lowest BCUT2D eigenvalue weighted by Gasteiger charge is -2.05. The van der Waals surface area contributed by atoms with Gasteiger partial charge in [0.15, 0.2) is 3.23 Å². The van der Waals surface area contributed by atoms with E-state index in [2.05, 4.69) is 37.2 Å². The third kappa shape index (κ3) is 2.20. The molecular formula is C4H6Br3NO. The Kier molecular flexibility index (Phi) is 3.68. The standard InChI is InChI=1S/C4H5Br2NO.BrH/c5-4(6)1-2-7-3(4)8;/h1-2H2,(H,7,8);1H. The molecule has 0 aliphatic carbocycles. The number of nitrogens with one attached hydrogen (secondary N) is 1. The van der Waals surface area contributed by atoms with Gasteiger partial charge in [-0.3, -0.25) is 4.79 Å². The van der Waals surface area contributed by atoms with Crippen LogP contribution in [-0.2, 0) is 4.79 Å². The van der Waals surface area contributed by atoms with E-state index in [9.17, 15) is 4.79 Å². The highest BCUT2D eigenvalue weighted by molar-refractivity contribution is 9.25. The smallest absolute Gasteiger partial charge is 0.247 e. The molecule has 2 nitrogen and oxygen atoms in total. The summed E-state index contributed by atoms with van der Waals surface area (Å²) in [5.74, 6) is 0.0255. The normalized spacial score (nSPS) is 22.7. The van der Waals surface area contributed by atoms with Gasteiger partial charge in [-0.15, -0.1) is 17.0 Å². The summed E-state index contributed by atoms with van der Waals surface area (Å²) in [6.45, 7) is 0.759. The van der Waals surface area contributed by atoms with Gasteiger partial charge in [0.05, 0.1) is 0 Å². The molecule has 0 spiro atoms. The minimum atomic E-state index is -0.472. The van der Waals surface area contributed by atoms with Gasteiger partial charge in [0.1, 0.15) is 0 Å². The molecule has 0 unspecified atom stereocenters. The zero-order valence-electron chi connectivity index (χ0n) is 4.49. The van der Waals surface area contributed by atoms with E-state index in [1.807, 2.05) is 0 Å². The summed E-state index contributed by atoms with van der Waals surface area (Å²) in [6, 6.07) is 0. The largest absolute Gasteiger partial charge is 0.354 e. The maximum Gasteiger partial charge on any atom is 0.247 e. The Morgan fingerprint density at radius 2 is 2.11 bits per heavy atom. The SMILES string of the molecule is Br.O=C1NCCC1(Br)Br. The number of halogens is 3. The molecule has 1 aliphatic rings. The van der Waals surface area contributed by atoms with E-state index >= 15 is 0 Å². The molecule has 1 fully saturated rings. The van der Waals surface area contributed by atoms with Crippen LogP contribution < -0.4 is 5.32 Å². The zero-order valence-corrected chi connectivity index (χ0v) is 9.37. The minimum Gasteiger partial charge on any atom is -0.354 e. The summed E-state index contributed by atoms with van der Waals surface area (Å²) in [7, 11) is 0.